The van der Waals surface area contributed by atoms with Crippen LogP contribution in [0.3, 0.4) is 0 Å². The number of aromatic hydroxyl groups is 2. The second-order valence-corrected chi connectivity index (χ2v) is 4.88. The summed E-state index contributed by atoms with van der Waals surface area (Å²) in [5, 5.41) is 19.0. The van der Waals surface area contributed by atoms with E-state index in [1.807, 2.05) is 0 Å². The summed E-state index contributed by atoms with van der Waals surface area (Å²) in [6.07, 6.45) is 9.04. The molecule has 0 saturated carbocycles. The highest BCUT2D eigenvalue weighted by Gasteiger charge is 2.01. The smallest absolute Gasteiger partial charge is 0.119 e. The molecule has 0 radical (unpaired) electrons. The van der Waals surface area contributed by atoms with Crippen LogP contribution in [0.5, 0.6) is 11.5 Å². The summed E-state index contributed by atoms with van der Waals surface area (Å²) in [5.74, 6) is 0.458. The largest absolute Gasteiger partial charge is 0.508 e. The monoisotopic (exact) mass is 248 g/mol. The van der Waals surface area contributed by atoms with Crippen LogP contribution in [-0.2, 0) is 6.42 Å². The number of allylic oxidation sites excluding steroid dienone is 2. The maximum Gasteiger partial charge on any atom is 0.119 e. The molecular formula is C16H24O2. The van der Waals surface area contributed by atoms with E-state index in [1.165, 1.54) is 43.4 Å². The van der Waals surface area contributed by atoms with Crippen LogP contribution in [0.2, 0.25) is 0 Å². The number of unbranched alkanes of at least 4 members (excludes halogenated alkanes) is 3. The van der Waals surface area contributed by atoms with Crippen LogP contribution in [0.4, 0.5) is 0 Å². The van der Waals surface area contributed by atoms with Gasteiger partial charge >= 0.3 is 0 Å². The first kappa shape index (κ1) is 14.6. The van der Waals surface area contributed by atoms with E-state index in [9.17, 15) is 10.2 Å². The zero-order valence-electron chi connectivity index (χ0n) is 11.4. The molecule has 0 heterocycles. The van der Waals surface area contributed by atoms with Gasteiger partial charge in [-0.1, -0.05) is 37.8 Å². The first-order valence-corrected chi connectivity index (χ1v) is 6.80. The van der Waals surface area contributed by atoms with Crippen molar-refractivity contribution in [2.24, 2.45) is 0 Å². The van der Waals surface area contributed by atoms with Crippen molar-refractivity contribution in [2.75, 3.05) is 0 Å². The molecule has 0 aromatic heterocycles. The molecule has 0 saturated heterocycles. The molecule has 0 aliphatic heterocycles. The van der Waals surface area contributed by atoms with E-state index in [-0.39, 0.29) is 11.5 Å². The minimum atomic E-state index is 0.205. The summed E-state index contributed by atoms with van der Waals surface area (Å²) in [4.78, 5) is 0. The SMILES string of the molecule is CCCCCC/C(C)=C/Cc1cc(O)ccc1O. The fourth-order valence-corrected chi connectivity index (χ4v) is 1.95. The lowest BCUT2D eigenvalue weighted by Crippen LogP contribution is -1.86. The molecular weight excluding hydrogens is 224 g/mol. The van der Waals surface area contributed by atoms with Crippen molar-refractivity contribution in [3.05, 3.63) is 35.4 Å². The van der Waals surface area contributed by atoms with Crippen LogP contribution >= 0.6 is 0 Å². The Morgan fingerprint density at radius 3 is 2.67 bits per heavy atom. The van der Waals surface area contributed by atoms with Gasteiger partial charge in [-0.3, -0.25) is 0 Å². The molecule has 0 fully saturated rings. The Balaban J connectivity index is 2.44. The van der Waals surface area contributed by atoms with Gasteiger partial charge in [-0.25, -0.2) is 0 Å². The quantitative estimate of drug-likeness (QED) is 0.422. The molecule has 1 rings (SSSR count). The third kappa shape index (κ3) is 5.26. The second-order valence-electron chi connectivity index (χ2n) is 4.88. The molecule has 0 atom stereocenters. The standard InChI is InChI=1S/C16H24O2/c1-3-4-5-6-7-13(2)8-9-14-12-15(17)10-11-16(14)18/h8,10-12,17-18H,3-7,9H2,1-2H3/b13-8+. The van der Waals surface area contributed by atoms with E-state index >= 15 is 0 Å². The van der Waals surface area contributed by atoms with Crippen LogP contribution in [0.15, 0.2) is 29.8 Å². The zero-order valence-corrected chi connectivity index (χ0v) is 11.4. The lowest BCUT2D eigenvalue weighted by Gasteiger charge is -2.04. The number of benzene rings is 1. The summed E-state index contributed by atoms with van der Waals surface area (Å²) in [5.41, 5.74) is 2.14. The van der Waals surface area contributed by atoms with Gasteiger partial charge in [0.05, 0.1) is 0 Å². The lowest BCUT2D eigenvalue weighted by molar-refractivity contribution is 0.455. The van der Waals surface area contributed by atoms with Crippen LogP contribution in [-0.4, -0.2) is 10.2 Å². The number of hydrogen-bond acceptors (Lipinski definition) is 2. The van der Waals surface area contributed by atoms with Crippen molar-refractivity contribution < 1.29 is 10.2 Å². The zero-order chi connectivity index (χ0) is 13.4. The molecule has 0 unspecified atom stereocenters. The summed E-state index contributed by atoms with van der Waals surface area (Å²) in [6, 6.07) is 4.66. The fraction of sp³-hybridized carbons (Fsp3) is 0.500. The fourth-order valence-electron chi connectivity index (χ4n) is 1.95. The van der Waals surface area contributed by atoms with Crippen molar-refractivity contribution in [1.29, 1.82) is 0 Å². The first-order valence-electron chi connectivity index (χ1n) is 6.80. The van der Waals surface area contributed by atoms with Gasteiger partial charge in [0.25, 0.3) is 0 Å². The minimum Gasteiger partial charge on any atom is -0.508 e. The Labute approximate surface area is 110 Å². The van der Waals surface area contributed by atoms with Gasteiger partial charge < -0.3 is 10.2 Å². The molecule has 18 heavy (non-hydrogen) atoms. The van der Waals surface area contributed by atoms with Crippen LogP contribution < -0.4 is 0 Å². The predicted octanol–water partition coefficient (Wildman–Crippen LogP) is 4.56. The molecule has 2 N–H and O–H groups in total. The van der Waals surface area contributed by atoms with Crippen molar-refractivity contribution in [3.63, 3.8) is 0 Å². The molecule has 2 nitrogen and oxygen atoms in total. The maximum absolute atomic E-state index is 9.65. The maximum atomic E-state index is 9.65. The molecule has 0 spiro atoms. The van der Waals surface area contributed by atoms with Crippen molar-refractivity contribution in [3.8, 4) is 11.5 Å². The summed E-state index contributed by atoms with van der Waals surface area (Å²) in [7, 11) is 0. The first-order chi connectivity index (χ1) is 8.63. The van der Waals surface area contributed by atoms with Gasteiger partial charge in [-0.2, -0.15) is 0 Å². The Morgan fingerprint density at radius 2 is 1.94 bits per heavy atom. The Kier molecular flexibility index (Phi) is 6.34. The molecule has 0 amide bonds. The second kappa shape index (κ2) is 7.80. The summed E-state index contributed by atoms with van der Waals surface area (Å²) < 4.78 is 0. The number of phenolic OH excluding ortho intramolecular Hbond substituents is 2. The highest BCUT2D eigenvalue weighted by Crippen LogP contribution is 2.23. The Bertz CT molecular complexity index is 394. The average Bonchev–Trinajstić information content (AvgIpc) is 2.36. The molecule has 0 bridgehead atoms. The number of hydrogen-bond donors (Lipinski definition) is 2. The third-order valence-electron chi connectivity index (χ3n) is 3.16. The van der Waals surface area contributed by atoms with Gasteiger partial charge in [0.15, 0.2) is 0 Å². The normalized spacial score (nSPS) is 11.8. The summed E-state index contributed by atoms with van der Waals surface area (Å²) in [6.45, 7) is 4.35. The molecule has 0 aliphatic carbocycles. The molecule has 0 aliphatic rings. The van der Waals surface area contributed by atoms with Gasteiger partial charge in [0.1, 0.15) is 11.5 Å². The van der Waals surface area contributed by atoms with Crippen molar-refractivity contribution >= 4 is 0 Å². The summed E-state index contributed by atoms with van der Waals surface area (Å²) >= 11 is 0. The number of phenols is 2. The predicted molar refractivity (Wildman–Crippen MR) is 76.0 cm³/mol. The van der Waals surface area contributed by atoms with Gasteiger partial charge in [-0.05, 0) is 44.4 Å². The van der Waals surface area contributed by atoms with E-state index < -0.39 is 0 Å². The van der Waals surface area contributed by atoms with E-state index in [1.54, 1.807) is 6.07 Å². The molecule has 1 aromatic rings. The average molecular weight is 248 g/mol. The van der Waals surface area contributed by atoms with Crippen molar-refractivity contribution in [2.45, 2.75) is 52.4 Å². The molecule has 100 valence electrons. The minimum absolute atomic E-state index is 0.205. The van der Waals surface area contributed by atoms with E-state index in [0.29, 0.717) is 6.42 Å². The molecule has 2 heteroatoms. The Morgan fingerprint density at radius 1 is 1.17 bits per heavy atom. The van der Waals surface area contributed by atoms with Gasteiger partial charge in [-0.15, -0.1) is 0 Å². The van der Waals surface area contributed by atoms with Gasteiger partial charge in [0.2, 0.25) is 0 Å². The van der Waals surface area contributed by atoms with Crippen LogP contribution in [0, 0.1) is 0 Å². The van der Waals surface area contributed by atoms with Crippen LogP contribution in [0.1, 0.15) is 51.5 Å². The van der Waals surface area contributed by atoms with E-state index in [2.05, 4.69) is 19.9 Å². The molecule has 1 aromatic carbocycles. The highest BCUT2D eigenvalue weighted by molar-refractivity contribution is 5.39. The van der Waals surface area contributed by atoms with Crippen LogP contribution in [0.25, 0.3) is 0 Å². The highest BCUT2D eigenvalue weighted by atomic mass is 16.3. The lowest BCUT2D eigenvalue weighted by atomic mass is 10.0. The topological polar surface area (TPSA) is 40.5 Å². The van der Waals surface area contributed by atoms with E-state index in [4.69, 9.17) is 0 Å². The third-order valence-corrected chi connectivity index (χ3v) is 3.16. The Hall–Kier alpha value is -1.44. The van der Waals surface area contributed by atoms with Gasteiger partial charge in [0, 0.05) is 5.56 Å². The number of rotatable bonds is 7. The van der Waals surface area contributed by atoms with E-state index in [0.717, 1.165) is 12.0 Å². The van der Waals surface area contributed by atoms with Crippen molar-refractivity contribution in [1.82, 2.24) is 0 Å².